The van der Waals surface area contributed by atoms with Gasteiger partial charge in [-0.15, -0.1) is 0 Å². The Kier molecular flexibility index (Phi) is 3.42. The Morgan fingerprint density at radius 1 is 1.16 bits per heavy atom. The zero-order valence-electron chi connectivity index (χ0n) is 10.9. The number of nitrogens with two attached hydrogens (primary N) is 1. The number of carbonyl (C=O) groups excluding carboxylic acids is 1. The van der Waals surface area contributed by atoms with Crippen molar-refractivity contribution in [1.82, 2.24) is 0 Å². The third-order valence-electron chi connectivity index (χ3n) is 2.98. The summed E-state index contributed by atoms with van der Waals surface area (Å²) in [6.45, 7) is 1.91. The summed E-state index contributed by atoms with van der Waals surface area (Å²) in [7, 11) is 1.68. The Labute approximate surface area is 112 Å². The lowest BCUT2D eigenvalue weighted by Crippen LogP contribution is -2.27. The van der Waals surface area contributed by atoms with E-state index in [0.29, 0.717) is 16.9 Å². The molecular weight excluding hydrogens is 240 g/mol. The molecule has 0 radical (unpaired) electrons. The highest BCUT2D eigenvalue weighted by Crippen LogP contribution is 2.21. The number of aromatic hydroxyl groups is 1. The van der Waals surface area contributed by atoms with Crippen molar-refractivity contribution in [3.05, 3.63) is 53.6 Å². The minimum Gasteiger partial charge on any atom is -0.508 e. The second kappa shape index (κ2) is 5.02. The average Bonchev–Trinajstić information content (AvgIpc) is 2.41. The maximum absolute atomic E-state index is 12.4. The molecule has 4 heteroatoms. The molecule has 0 atom stereocenters. The summed E-state index contributed by atoms with van der Waals surface area (Å²) in [5.41, 5.74) is 8.47. The van der Waals surface area contributed by atoms with Gasteiger partial charge in [0.25, 0.3) is 5.91 Å². The van der Waals surface area contributed by atoms with Crippen LogP contribution in [0, 0.1) is 6.92 Å². The molecule has 0 aromatic heterocycles. The molecular formula is C15H16N2O2. The standard InChI is InChI=1S/C15H16N2O2/c1-10-3-8-14(16)13(9-10)15(19)17(2)11-4-6-12(18)7-5-11/h3-9,18H,16H2,1-2H3. The molecule has 19 heavy (non-hydrogen) atoms. The van der Waals surface area contributed by atoms with E-state index in [9.17, 15) is 9.90 Å². The topological polar surface area (TPSA) is 66.6 Å². The number of anilines is 2. The van der Waals surface area contributed by atoms with E-state index in [1.165, 1.54) is 4.90 Å². The summed E-state index contributed by atoms with van der Waals surface area (Å²) in [6, 6.07) is 11.8. The van der Waals surface area contributed by atoms with Gasteiger partial charge < -0.3 is 15.7 Å². The Balaban J connectivity index is 2.33. The van der Waals surface area contributed by atoms with Crippen LogP contribution in [-0.2, 0) is 0 Å². The smallest absolute Gasteiger partial charge is 0.260 e. The molecule has 1 amide bonds. The minimum absolute atomic E-state index is 0.166. The van der Waals surface area contributed by atoms with E-state index in [2.05, 4.69) is 0 Å². The molecule has 0 saturated heterocycles. The summed E-state index contributed by atoms with van der Waals surface area (Å²) >= 11 is 0. The van der Waals surface area contributed by atoms with Crippen molar-refractivity contribution in [1.29, 1.82) is 0 Å². The van der Waals surface area contributed by atoms with Gasteiger partial charge in [-0.3, -0.25) is 4.79 Å². The van der Waals surface area contributed by atoms with E-state index in [1.807, 2.05) is 13.0 Å². The Morgan fingerprint density at radius 2 is 1.79 bits per heavy atom. The maximum Gasteiger partial charge on any atom is 0.260 e. The molecule has 0 aliphatic heterocycles. The summed E-state index contributed by atoms with van der Waals surface area (Å²) in [5, 5.41) is 9.25. The molecule has 0 aliphatic carbocycles. The van der Waals surface area contributed by atoms with Crippen LogP contribution >= 0.6 is 0 Å². The Bertz CT molecular complexity index is 606. The minimum atomic E-state index is -0.174. The van der Waals surface area contributed by atoms with E-state index in [1.54, 1.807) is 43.4 Å². The van der Waals surface area contributed by atoms with E-state index in [4.69, 9.17) is 5.73 Å². The molecule has 0 spiro atoms. The summed E-state index contributed by atoms with van der Waals surface area (Å²) in [4.78, 5) is 13.9. The van der Waals surface area contributed by atoms with E-state index < -0.39 is 0 Å². The zero-order chi connectivity index (χ0) is 14.0. The van der Waals surface area contributed by atoms with E-state index >= 15 is 0 Å². The highest BCUT2D eigenvalue weighted by molar-refractivity contribution is 6.09. The van der Waals surface area contributed by atoms with Gasteiger partial charge in [-0.2, -0.15) is 0 Å². The molecule has 3 N–H and O–H groups in total. The SMILES string of the molecule is Cc1ccc(N)c(C(=O)N(C)c2ccc(O)cc2)c1. The molecule has 0 bridgehead atoms. The molecule has 0 saturated carbocycles. The quantitative estimate of drug-likeness (QED) is 0.811. The number of phenols is 1. The van der Waals surface area contributed by atoms with Crippen LogP contribution in [0.3, 0.4) is 0 Å². The molecule has 0 fully saturated rings. The number of carbonyl (C=O) groups is 1. The fourth-order valence-electron chi connectivity index (χ4n) is 1.83. The maximum atomic E-state index is 12.4. The van der Waals surface area contributed by atoms with E-state index in [-0.39, 0.29) is 11.7 Å². The molecule has 0 aliphatic rings. The predicted octanol–water partition coefficient (Wildman–Crippen LogP) is 2.56. The second-order valence-corrected chi connectivity index (χ2v) is 4.47. The highest BCUT2D eigenvalue weighted by Gasteiger charge is 2.16. The number of benzene rings is 2. The summed E-state index contributed by atoms with van der Waals surface area (Å²) in [6.07, 6.45) is 0. The first-order valence-corrected chi connectivity index (χ1v) is 5.92. The van der Waals surface area contributed by atoms with Crippen LogP contribution < -0.4 is 10.6 Å². The van der Waals surface area contributed by atoms with Crippen molar-refractivity contribution >= 4 is 17.3 Å². The van der Waals surface area contributed by atoms with Crippen molar-refractivity contribution in [2.75, 3.05) is 17.7 Å². The number of hydrogen-bond acceptors (Lipinski definition) is 3. The van der Waals surface area contributed by atoms with Gasteiger partial charge >= 0.3 is 0 Å². The van der Waals surface area contributed by atoms with Crippen molar-refractivity contribution in [2.24, 2.45) is 0 Å². The highest BCUT2D eigenvalue weighted by atomic mass is 16.3. The van der Waals surface area contributed by atoms with Gasteiger partial charge in [0.05, 0.1) is 5.56 Å². The van der Waals surface area contributed by atoms with Gasteiger partial charge in [0.2, 0.25) is 0 Å². The van der Waals surface area contributed by atoms with Crippen molar-refractivity contribution in [3.8, 4) is 5.75 Å². The van der Waals surface area contributed by atoms with Crippen LogP contribution in [0.15, 0.2) is 42.5 Å². The fourth-order valence-corrected chi connectivity index (χ4v) is 1.83. The molecule has 0 unspecified atom stereocenters. The lowest BCUT2D eigenvalue weighted by Gasteiger charge is -2.18. The number of amides is 1. The van der Waals surface area contributed by atoms with Gasteiger partial charge in [-0.05, 0) is 43.3 Å². The number of hydrogen-bond donors (Lipinski definition) is 2. The van der Waals surface area contributed by atoms with Crippen LogP contribution in [0.2, 0.25) is 0 Å². The lowest BCUT2D eigenvalue weighted by molar-refractivity contribution is 0.0993. The number of phenolic OH excluding ortho intramolecular Hbond substituents is 1. The predicted molar refractivity (Wildman–Crippen MR) is 76.4 cm³/mol. The number of nitrogens with zero attached hydrogens (tertiary/aromatic N) is 1. The van der Waals surface area contributed by atoms with Crippen molar-refractivity contribution in [3.63, 3.8) is 0 Å². The largest absolute Gasteiger partial charge is 0.508 e. The average molecular weight is 256 g/mol. The van der Waals surface area contributed by atoms with Crippen LogP contribution in [0.1, 0.15) is 15.9 Å². The molecule has 2 aromatic rings. The van der Waals surface area contributed by atoms with Crippen LogP contribution in [-0.4, -0.2) is 18.1 Å². The van der Waals surface area contributed by atoms with Gasteiger partial charge in [0.15, 0.2) is 0 Å². The van der Waals surface area contributed by atoms with E-state index in [0.717, 1.165) is 5.56 Å². The van der Waals surface area contributed by atoms with Crippen molar-refractivity contribution < 1.29 is 9.90 Å². The number of aryl methyl sites for hydroxylation is 1. The van der Waals surface area contributed by atoms with Gasteiger partial charge in [0.1, 0.15) is 5.75 Å². The molecule has 2 rings (SSSR count). The first-order valence-electron chi connectivity index (χ1n) is 5.92. The van der Waals surface area contributed by atoms with Crippen molar-refractivity contribution in [2.45, 2.75) is 6.92 Å². The third kappa shape index (κ3) is 2.68. The summed E-state index contributed by atoms with van der Waals surface area (Å²) < 4.78 is 0. The number of nitrogen functional groups attached to an aromatic ring is 1. The summed E-state index contributed by atoms with van der Waals surface area (Å²) in [5.74, 6) is -0.00782. The van der Waals surface area contributed by atoms with Gasteiger partial charge in [0, 0.05) is 18.4 Å². The molecule has 2 aromatic carbocycles. The van der Waals surface area contributed by atoms with Crippen LogP contribution in [0.5, 0.6) is 5.75 Å². The first-order chi connectivity index (χ1) is 8.99. The van der Waals surface area contributed by atoms with Gasteiger partial charge in [-0.1, -0.05) is 11.6 Å². The van der Waals surface area contributed by atoms with Crippen LogP contribution in [0.4, 0.5) is 11.4 Å². The Morgan fingerprint density at radius 3 is 2.42 bits per heavy atom. The first kappa shape index (κ1) is 13.0. The molecule has 0 heterocycles. The third-order valence-corrected chi connectivity index (χ3v) is 2.98. The lowest BCUT2D eigenvalue weighted by atomic mass is 10.1. The number of rotatable bonds is 2. The van der Waals surface area contributed by atoms with Crippen LogP contribution in [0.25, 0.3) is 0 Å². The molecule has 98 valence electrons. The Hall–Kier alpha value is -2.49. The van der Waals surface area contributed by atoms with Gasteiger partial charge in [-0.25, -0.2) is 0 Å². The second-order valence-electron chi connectivity index (χ2n) is 4.47. The molecule has 4 nitrogen and oxygen atoms in total. The normalized spacial score (nSPS) is 10.2. The monoisotopic (exact) mass is 256 g/mol. The zero-order valence-corrected chi connectivity index (χ0v) is 10.9. The fraction of sp³-hybridized carbons (Fsp3) is 0.133.